The number of aromatic amines is 1. The second-order valence-electron chi connectivity index (χ2n) is 4.46. The maximum absolute atomic E-state index is 11.7. The van der Waals surface area contributed by atoms with Gasteiger partial charge in [0.25, 0.3) is 0 Å². The number of hydrogen-bond donors (Lipinski definition) is 2. The van der Waals surface area contributed by atoms with E-state index in [9.17, 15) is 4.79 Å². The van der Waals surface area contributed by atoms with Crippen molar-refractivity contribution >= 4 is 16.7 Å². The number of rotatable bonds is 4. The first-order valence-electron chi connectivity index (χ1n) is 6.28. The predicted octanol–water partition coefficient (Wildman–Crippen LogP) is 1.21. The molecule has 0 bridgehead atoms. The number of carbonyl (C=O) groups excluding carboxylic acids is 1. The van der Waals surface area contributed by atoms with E-state index in [1.807, 2.05) is 18.2 Å². The Morgan fingerprint density at radius 2 is 2.00 bits per heavy atom. The van der Waals surface area contributed by atoms with E-state index in [1.165, 1.54) is 5.39 Å². The number of hydrogen-bond acceptors (Lipinski definition) is 4. The number of benzene rings is 2. The third-order valence-electron chi connectivity index (χ3n) is 3.01. The minimum absolute atomic E-state index is 0.125. The van der Waals surface area contributed by atoms with Crippen LogP contribution in [0.4, 0.5) is 0 Å². The molecule has 0 spiro atoms. The molecule has 0 aliphatic heterocycles. The second-order valence-corrected chi connectivity index (χ2v) is 4.46. The van der Waals surface area contributed by atoms with E-state index in [-0.39, 0.29) is 12.3 Å². The molecule has 2 N–H and O–H groups in total. The van der Waals surface area contributed by atoms with Crippen molar-refractivity contribution in [3.63, 3.8) is 0 Å². The summed E-state index contributed by atoms with van der Waals surface area (Å²) in [6, 6.07) is 14.3. The van der Waals surface area contributed by atoms with Gasteiger partial charge in [0.15, 0.2) is 5.82 Å². The van der Waals surface area contributed by atoms with Crippen molar-refractivity contribution in [1.82, 2.24) is 25.9 Å². The van der Waals surface area contributed by atoms with Gasteiger partial charge in [0.1, 0.15) is 0 Å². The predicted molar refractivity (Wildman–Crippen MR) is 73.7 cm³/mol. The molecule has 20 heavy (non-hydrogen) atoms. The molecule has 1 aromatic heterocycles. The van der Waals surface area contributed by atoms with Gasteiger partial charge in [-0.3, -0.25) is 4.79 Å². The SMILES string of the molecule is O=C(Cc1nn[nH]n1)NCc1ccc2ccccc2c1. The van der Waals surface area contributed by atoms with Gasteiger partial charge >= 0.3 is 0 Å². The molecule has 0 aliphatic carbocycles. The van der Waals surface area contributed by atoms with Gasteiger partial charge in [-0.1, -0.05) is 41.6 Å². The minimum atomic E-state index is -0.125. The van der Waals surface area contributed by atoms with E-state index in [2.05, 4.69) is 50.2 Å². The first-order valence-corrected chi connectivity index (χ1v) is 6.28. The monoisotopic (exact) mass is 267 g/mol. The molecule has 0 unspecified atom stereocenters. The molecule has 0 fully saturated rings. The quantitative estimate of drug-likeness (QED) is 0.744. The van der Waals surface area contributed by atoms with Gasteiger partial charge in [-0.2, -0.15) is 5.21 Å². The van der Waals surface area contributed by atoms with Crippen LogP contribution in [0, 0.1) is 0 Å². The molecule has 0 atom stereocenters. The number of H-pyrrole nitrogens is 1. The molecule has 3 aromatic rings. The zero-order chi connectivity index (χ0) is 13.8. The Morgan fingerprint density at radius 3 is 2.80 bits per heavy atom. The van der Waals surface area contributed by atoms with Crippen LogP contribution in [0.1, 0.15) is 11.4 Å². The number of tetrazole rings is 1. The minimum Gasteiger partial charge on any atom is -0.352 e. The summed E-state index contributed by atoms with van der Waals surface area (Å²) in [5.74, 6) is 0.264. The largest absolute Gasteiger partial charge is 0.352 e. The molecule has 3 rings (SSSR count). The average molecular weight is 267 g/mol. The average Bonchev–Trinajstić information content (AvgIpc) is 2.98. The summed E-state index contributed by atoms with van der Waals surface area (Å²) in [5.41, 5.74) is 1.06. The van der Waals surface area contributed by atoms with E-state index in [0.717, 1.165) is 10.9 Å². The van der Waals surface area contributed by atoms with Gasteiger partial charge < -0.3 is 5.32 Å². The summed E-state index contributed by atoms with van der Waals surface area (Å²) >= 11 is 0. The standard InChI is InChI=1S/C14H13N5O/c20-14(8-13-16-18-19-17-13)15-9-10-5-6-11-3-1-2-4-12(11)7-10/h1-7H,8-9H2,(H,15,20)(H,16,17,18,19). The van der Waals surface area contributed by atoms with Crippen LogP contribution in [0.3, 0.4) is 0 Å². The first-order chi connectivity index (χ1) is 9.81. The summed E-state index contributed by atoms with van der Waals surface area (Å²) < 4.78 is 0. The molecule has 6 nitrogen and oxygen atoms in total. The Bertz CT molecular complexity index is 723. The Kier molecular flexibility index (Phi) is 3.36. The van der Waals surface area contributed by atoms with Crippen LogP contribution in [-0.4, -0.2) is 26.5 Å². The van der Waals surface area contributed by atoms with Crippen molar-refractivity contribution in [1.29, 1.82) is 0 Å². The van der Waals surface area contributed by atoms with Gasteiger partial charge in [0, 0.05) is 6.54 Å². The molecular formula is C14H13N5O. The van der Waals surface area contributed by atoms with Gasteiger partial charge in [0.05, 0.1) is 6.42 Å². The molecule has 2 aromatic carbocycles. The van der Waals surface area contributed by atoms with Crippen LogP contribution in [0.25, 0.3) is 10.8 Å². The highest BCUT2D eigenvalue weighted by Crippen LogP contribution is 2.15. The summed E-state index contributed by atoms with van der Waals surface area (Å²) in [6.45, 7) is 0.488. The maximum Gasteiger partial charge on any atom is 0.228 e. The topological polar surface area (TPSA) is 83.6 Å². The zero-order valence-electron chi connectivity index (χ0n) is 10.7. The molecule has 0 saturated carbocycles. The molecule has 100 valence electrons. The summed E-state index contributed by atoms with van der Waals surface area (Å²) in [5, 5.41) is 18.4. The number of amides is 1. The van der Waals surface area contributed by atoms with Crippen molar-refractivity contribution in [2.24, 2.45) is 0 Å². The highest BCUT2D eigenvalue weighted by Gasteiger charge is 2.06. The summed E-state index contributed by atoms with van der Waals surface area (Å²) in [4.78, 5) is 11.7. The number of nitrogens with zero attached hydrogens (tertiary/aromatic N) is 3. The van der Waals surface area contributed by atoms with Gasteiger partial charge in [0.2, 0.25) is 5.91 Å². The van der Waals surface area contributed by atoms with Gasteiger partial charge in [-0.25, -0.2) is 0 Å². The fourth-order valence-corrected chi connectivity index (χ4v) is 2.01. The van der Waals surface area contributed by atoms with E-state index >= 15 is 0 Å². The van der Waals surface area contributed by atoms with Crippen LogP contribution >= 0.6 is 0 Å². The fourth-order valence-electron chi connectivity index (χ4n) is 2.01. The van der Waals surface area contributed by atoms with Crippen LogP contribution < -0.4 is 5.32 Å². The van der Waals surface area contributed by atoms with E-state index in [4.69, 9.17) is 0 Å². The molecule has 0 aliphatic rings. The molecule has 6 heteroatoms. The Morgan fingerprint density at radius 1 is 1.15 bits per heavy atom. The fraction of sp³-hybridized carbons (Fsp3) is 0.143. The lowest BCUT2D eigenvalue weighted by Gasteiger charge is -2.05. The highest BCUT2D eigenvalue weighted by atomic mass is 16.1. The van der Waals surface area contributed by atoms with E-state index in [0.29, 0.717) is 12.4 Å². The number of nitrogens with one attached hydrogen (secondary N) is 2. The lowest BCUT2D eigenvalue weighted by atomic mass is 10.1. The van der Waals surface area contributed by atoms with Crippen LogP contribution in [-0.2, 0) is 17.8 Å². The number of carbonyl (C=O) groups is 1. The van der Waals surface area contributed by atoms with Gasteiger partial charge in [-0.05, 0) is 22.4 Å². The third kappa shape index (κ3) is 2.80. The Hall–Kier alpha value is -2.76. The molecular weight excluding hydrogens is 254 g/mol. The molecule has 0 saturated heterocycles. The van der Waals surface area contributed by atoms with Crippen LogP contribution in [0.2, 0.25) is 0 Å². The van der Waals surface area contributed by atoms with E-state index in [1.54, 1.807) is 0 Å². The third-order valence-corrected chi connectivity index (χ3v) is 3.01. The zero-order valence-corrected chi connectivity index (χ0v) is 10.7. The normalized spacial score (nSPS) is 10.6. The molecule has 1 amide bonds. The lowest BCUT2D eigenvalue weighted by Crippen LogP contribution is -2.25. The molecule has 0 radical (unpaired) electrons. The van der Waals surface area contributed by atoms with Crippen molar-refractivity contribution in [2.75, 3.05) is 0 Å². The van der Waals surface area contributed by atoms with Crippen molar-refractivity contribution < 1.29 is 4.79 Å². The summed E-state index contributed by atoms with van der Waals surface area (Å²) in [7, 11) is 0. The van der Waals surface area contributed by atoms with Crippen molar-refractivity contribution in [3.8, 4) is 0 Å². The Labute approximate surface area is 115 Å². The summed E-state index contributed by atoms with van der Waals surface area (Å²) in [6.07, 6.45) is 0.129. The van der Waals surface area contributed by atoms with Crippen LogP contribution in [0.5, 0.6) is 0 Å². The second kappa shape index (κ2) is 5.48. The maximum atomic E-state index is 11.7. The molecule has 1 heterocycles. The number of fused-ring (bicyclic) bond motifs is 1. The van der Waals surface area contributed by atoms with Crippen molar-refractivity contribution in [3.05, 3.63) is 53.9 Å². The first kappa shape index (κ1) is 12.3. The Balaban J connectivity index is 1.63. The van der Waals surface area contributed by atoms with E-state index < -0.39 is 0 Å². The highest BCUT2D eigenvalue weighted by molar-refractivity contribution is 5.83. The lowest BCUT2D eigenvalue weighted by molar-refractivity contribution is -0.120. The van der Waals surface area contributed by atoms with Gasteiger partial charge in [-0.15, -0.1) is 10.2 Å². The van der Waals surface area contributed by atoms with Crippen LogP contribution in [0.15, 0.2) is 42.5 Å². The van der Waals surface area contributed by atoms with Crippen molar-refractivity contribution in [2.45, 2.75) is 13.0 Å². The smallest absolute Gasteiger partial charge is 0.228 e. The number of aromatic nitrogens is 4.